The molecule has 0 atom stereocenters. The number of phenolic OH excluding ortho intramolecular Hbond substituents is 1. The molecule has 3 N–H and O–H groups in total. The second kappa shape index (κ2) is 8.80. The summed E-state index contributed by atoms with van der Waals surface area (Å²) >= 11 is 0. The number of phenols is 1. The average molecular weight is 496 g/mol. The highest BCUT2D eigenvalue weighted by atomic mass is 19.4. The van der Waals surface area contributed by atoms with E-state index in [0.29, 0.717) is 35.8 Å². The quantitative estimate of drug-likeness (QED) is 0.398. The normalized spacial score (nSPS) is 14.8. The Bertz CT molecular complexity index is 1500. The topological polar surface area (TPSA) is 103 Å². The van der Waals surface area contributed by atoms with Crippen LogP contribution < -0.4 is 10.6 Å². The zero-order valence-electron chi connectivity index (χ0n) is 18.8. The first-order valence-electron chi connectivity index (χ1n) is 11.2. The fraction of sp³-hybridized carbons (Fsp3) is 0.240. The van der Waals surface area contributed by atoms with Gasteiger partial charge in [-0.05, 0) is 42.7 Å². The van der Waals surface area contributed by atoms with Crippen LogP contribution in [0.25, 0.3) is 28.0 Å². The van der Waals surface area contributed by atoms with Crippen molar-refractivity contribution in [2.24, 2.45) is 5.73 Å². The molecular weight excluding hydrogens is 476 g/mol. The minimum atomic E-state index is -4.73. The number of aromatic nitrogens is 3. The van der Waals surface area contributed by atoms with Crippen LogP contribution in [-0.2, 0) is 6.18 Å². The molecule has 1 saturated heterocycles. The molecule has 0 spiro atoms. The summed E-state index contributed by atoms with van der Waals surface area (Å²) in [5, 5.41) is 19.3. The van der Waals surface area contributed by atoms with Crippen LogP contribution in [0.5, 0.6) is 5.75 Å². The standard InChI is InChI=1S/C25H20F4N6O/c26-19-11-15(1-2-16(19)13-30)22-21(14-3-4-18(20(36)12-14)25(27,28)29)23-32-7-10-35(23)24(33-22)34-8-5-17(31)6-9-34/h1-4,7,10-12,17,36H,5-6,8-9,31H2. The number of nitrogens with zero attached hydrogens (tertiary/aromatic N) is 5. The number of alkyl halides is 3. The third-order valence-corrected chi connectivity index (χ3v) is 6.31. The summed E-state index contributed by atoms with van der Waals surface area (Å²) < 4.78 is 56.1. The van der Waals surface area contributed by atoms with Crippen molar-refractivity contribution in [2.75, 3.05) is 18.0 Å². The maximum absolute atomic E-state index is 14.6. The van der Waals surface area contributed by atoms with E-state index in [4.69, 9.17) is 16.0 Å². The molecule has 0 bridgehead atoms. The smallest absolute Gasteiger partial charge is 0.419 e. The average Bonchev–Trinajstić information content (AvgIpc) is 3.32. The minimum Gasteiger partial charge on any atom is -0.507 e. The Morgan fingerprint density at radius 1 is 1.08 bits per heavy atom. The number of benzene rings is 2. The summed E-state index contributed by atoms with van der Waals surface area (Å²) in [6, 6.07) is 8.83. The highest BCUT2D eigenvalue weighted by Gasteiger charge is 2.34. The number of aromatic hydroxyl groups is 1. The van der Waals surface area contributed by atoms with Gasteiger partial charge < -0.3 is 15.7 Å². The van der Waals surface area contributed by atoms with Gasteiger partial charge in [0.25, 0.3) is 0 Å². The first-order valence-corrected chi connectivity index (χ1v) is 11.2. The van der Waals surface area contributed by atoms with Crippen LogP contribution >= 0.6 is 0 Å². The molecule has 0 aliphatic carbocycles. The molecule has 11 heteroatoms. The van der Waals surface area contributed by atoms with E-state index in [1.165, 1.54) is 24.4 Å². The lowest BCUT2D eigenvalue weighted by atomic mass is 9.97. The van der Waals surface area contributed by atoms with E-state index < -0.39 is 23.3 Å². The van der Waals surface area contributed by atoms with E-state index in [-0.39, 0.29) is 22.9 Å². The van der Waals surface area contributed by atoms with Crippen LogP contribution in [0, 0.1) is 17.1 Å². The van der Waals surface area contributed by atoms with Crippen molar-refractivity contribution in [3.8, 4) is 34.2 Å². The molecule has 36 heavy (non-hydrogen) atoms. The maximum Gasteiger partial charge on any atom is 0.419 e. The molecule has 4 aromatic rings. The van der Waals surface area contributed by atoms with E-state index in [2.05, 4.69) is 4.98 Å². The molecule has 1 aliphatic heterocycles. The summed E-state index contributed by atoms with van der Waals surface area (Å²) in [5.74, 6) is -1.18. The number of halogens is 4. The van der Waals surface area contributed by atoms with Crippen LogP contribution in [0.1, 0.15) is 24.0 Å². The van der Waals surface area contributed by atoms with Gasteiger partial charge in [-0.3, -0.25) is 4.40 Å². The molecule has 1 aliphatic rings. The van der Waals surface area contributed by atoms with E-state index >= 15 is 0 Å². The highest BCUT2D eigenvalue weighted by Crippen LogP contribution is 2.42. The molecule has 184 valence electrons. The lowest BCUT2D eigenvalue weighted by Crippen LogP contribution is -2.40. The molecule has 0 unspecified atom stereocenters. The highest BCUT2D eigenvalue weighted by molar-refractivity contribution is 5.91. The Balaban J connectivity index is 1.77. The summed E-state index contributed by atoms with van der Waals surface area (Å²) in [6.07, 6.45) is -0.0302. The molecule has 1 fully saturated rings. The van der Waals surface area contributed by atoms with Gasteiger partial charge in [-0.1, -0.05) is 12.1 Å². The van der Waals surface area contributed by atoms with Crippen LogP contribution in [0.2, 0.25) is 0 Å². The summed E-state index contributed by atoms with van der Waals surface area (Å²) in [4.78, 5) is 11.3. The van der Waals surface area contributed by atoms with Gasteiger partial charge in [-0.25, -0.2) is 14.4 Å². The SMILES string of the molecule is N#Cc1ccc(-c2nc(N3CCC(N)CC3)n3ccnc3c2-c2ccc(C(F)(F)F)c(O)c2)cc1F. The van der Waals surface area contributed by atoms with Crippen LogP contribution in [0.15, 0.2) is 48.8 Å². The van der Waals surface area contributed by atoms with Crippen LogP contribution in [0.3, 0.4) is 0 Å². The number of hydrogen-bond donors (Lipinski definition) is 2. The first kappa shape index (κ1) is 23.6. The summed E-state index contributed by atoms with van der Waals surface area (Å²) in [6.45, 7) is 1.26. The van der Waals surface area contributed by atoms with E-state index in [0.717, 1.165) is 31.0 Å². The van der Waals surface area contributed by atoms with Crippen molar-refractivity contribution < 1.29 is 22.7 Å². The Labute approximate surface area is 203 Å². The van der Waals surface area contributed by atoms with Gasteiger partial charge in [0, 0.05) is 37.1 Å². The van der Waals surface area contributed by atoms with Gasteiger partial charge in [0.15, 0.2) is 0 Å². The Kier molecular flexibility index (Phi) is 5.76. The number of rotatable bonds is 3. The van der Waals surface area contributed by atoms with E-state index in [1.807, 2.05) is 4.90 Å². The number of anilines is 1. The van der Waals surface area contributed by atoms with Crippen molar-refractivity contribution in [2.45, 2.75) is 25.1 Å². The number of hydrogen-bond acceptors (Lipinski definition) is 6. The molecule has 3 heterocycles. The third kappa shape index (κ3) is 4.09. The molecule has 0 amide bonds. The fourth-order valence-corrected chi connectivity index (χ4v) is 4.44. The molecule has 0 saturated carbocycles. The number of imidazole rings is 1. The fourth-order valence-electron chi connectivity index (χ4n) is 4.44. The van der Waals surface area contributed by atoms with E-state index in [1.54, 1.807) is 16.7 Å². The van der Waals surface area contributed by atoms with Crippen molar-refractivity contribution in [1.29, 1.82) is 5.26 Å². The second-order valence-electron chi connectivity index (χ2n) is 8.62. The molecule has 2 aromatic heterocycles. The lowest BCUT2D eigenvalue weighted by molar-refractivity contribution is -0.138. The van der Waals surface area contributed by atoms with Crippen molar-refractivity contribution in [3.63, 3.8) is 0 Å². The largest absolute Gasteiger partial charge is 0.507 e. The van der Waals surface area contributed by atoms with Gasteiger partial charge in [0.1, 0.15) is 23.3 Å². The molecule has 0 radical (unpaired) electrons. The lowest BCUT2D eigenvalue weighted by Gasteiger charge is -2.32. The zero-order valence-corrected chi connectivity index (χ0v) is 18.8. The maximum atomic E-state index is 14.6. The predicted molar refractivity (Wildman–Crippen MR) is 125 cm³/mol. The van der Waals surface area contributed by atoms with Crippen LogP contribution in [0.4, 0.5) is 23.5 Å². The summed E-state index contributed by atoms with van der Waals surface area (Å²) in [7, 11) is 0. The molecule has 2 aromatic carbocycles. The number of nitrogens with two attached hydrogens (primary N) is 1. The third-order valence-electron chi connectivity index (χ3n) is 6.31. The Hall–Kier alpha value is -4.17. The Morgan fingerprint density at radius 2 is 1.81 bits per heavy atom. The van der Waals surface area contributed by atoms with E-state index in [9.17, 15) is 22.7 Å². The number of piperidine rings is 1. The Morgan fingerprint density at radius 3 is 2.44 bits per heavy atom. The molecular formula is C25H20F4N6O. The zero-order chi connectivity index (χ0) is 25.6. The van der Waals surface area contributed by atoms with Gasteiger partial charge >= 0.3 is 6.18 Å². The van der Waals surface area contributed by atoms with Gasteiger partial charge in [0.2, 0.25) is 5.95 Å². The molecule has 5 rings (SSSR count). The molecule has 7 nitrogen and oxygen atoms in total. The second-order valence-corrected chi connectivity index (χ2v) is 8.62. The first-order chi connectivity index (χ1) is 17.2. The van der Waals surface area contributed by atoms with Gasteiger partial charge in [0.05, 0.1) is 22.4 Å². The monoisotopic (exact) mass is 496 g/mol. The van der Waals surface area contributed by atoms with Crippen molar-refractivity contribution in [3.05, 3.63) is 65.7 Å². The van der Waals surface area contributed by atoms with Crippen molar-refractivity contribution >= 4 is 11.6 Å². The van der Waals surface area contributed by atoms with Gasteiger partial charge in [-0.2, -0.15) is 18.4 Å². The van der Waals surface area contributed by atoms with Crippen molar-refractivity contribution in [1.82, 2.24) is 14.4 Å². The summed E-state index contributed by atoms with van der Waals surface area (Å²) in [5.41, 5.74) is 6.18. The number of fused-ring (bicyclic) bond motifs is 1. The predicted octanol–water partition coefficient (Wildman–Crippen LogP) is 4.73. The minimum absolute atomic E-state index is 0.0704. The van der Waals surface area contributed by atoms with Gasteiger partial charge in [-0.15, -0.1) is 0 Å². The number of nitriles is 1. The van der Waals surface area contributed by atoms with Crippen LogP contribution in [-0.4, -0.2) is 38.6 Å².